The van der Waals surface area contributed by atoms with E-state index in [0.29, 0.717) is 31.7 Å². The molecule has 0 saturated carbocycles. The van der Waals surface area contributed by atoms with E-state index in [4.69, 9.17) is 4.74 Å². The van der Waals surface area contributed by atoms with Crippen LogP contribution in [0.2, 0.25) is 0 Å². The zero-order valence-electron chi connectivity index (χ0n) is 14.2. The first-order valence-electron chi connectivity index (χ1n) is 8.65. The van der Waals surface area contributed by atoms with E-state index in [2.05, 4.69) is 10.3 Å². The number of amides is 2. The quantitative estimate of drug-likeness (QED) is 0.860. The third-order valence-corrected chi connectivity index (χ3v) is 4.49. The molecule has 1 fully saturated rings. The molecule has 2 aliphatic rings. The van der Waals surface area contributed by atoms with Crippen LogP contribution in [0.1, 0.15) is 17.5 Å². The van der Waals surface area contributed by atoms with E-state index >= 15 is 0 Å². The van der Waals surface area contributed by atoms with Crippen LogP contribution in [0.25, 0.3) is 6.08 Å². The molecule has 1 saturated heterocycles. The molecule has 4 rings (SSSR count). The van der Waals surface area contributed by atoms with Crippen molar-refractivity contribution in [3.63, 3.8) is 0 Å². The molecule has 26 heavy (non-hydrogen) atoms. The topological polar surface area (TPSA) is 71.5 Å². The van der Waals surface area contributed by atoms with Crippen LogP contribution in [-0.4, -0.2) is 40.9 Å². The van der Waals surface area contributed by atoms with E-state index < -0.39 is 0 Å². The summed E-state index contributed by atoms with van der Waals surface area (Å²) >= 11 is 0. The predicted molar refractivity (Wildman–Crippen MR) is 97.7 cm³/mol. The van der Waals surface area contributed by atoms with Gasteiger partial charge in [0.05, 0.1) is 13.1 Å². The molecule has 3 heterocycles. The van der Waals surface area contributed by atoms with Gasteiger partial charge in [-0.3, -0.25) is 9.59 Å². The zero-order valence-corrected chi connectivity index (χ0v) is 14.2. The first-order chi connectivity index (χ1) is 12.7. The molecule has 6 nitrogen and oxygen atoms in total. The Morgan fingerprint density at radius 1 is 1.23 bits per heavy atom. The number of carbonyl (C=O) groups is 2. The van der Waals surface area contributed by atoms with E-state index in [-0.39, 0.29) is 17.9 Å². The number of fused-ring (bicyclic) bond motifs is 1. The minimum absolute atomic E-state index is 0.00599. The lowest BCUT2D eigenvalue weighted by Crippen LogP contribution is -2.55. The second kappa shape index (κ2) is 7.00. The van der Waals surface area contributed by atoms with Crippen molar-refractivity contribution in [2.75, 3.05) is 18.4 Å². The monoisotopic (exact) mass is 349 g/mol. The van der Waals surface area contributed by atoms with E-state index in [1.54, 1.807) is 23.2 Å². The average Bonchev–Trinajstić information content (AvgIpc) is 2.63. The third kappa shape index (κ3) is 3.59. The maximum absolute atomic E-state index is 12.2. The van der Waals surface area contributed by atoms with Crippen LogP contribution in [0, 0.1) is 0 Å². The Hall–Kier alpha value is -3.15. The Morgan fingerprint density at radius 3 is 2.85 bits per heavy atom. The lowest BCUT2D eigenvalue weighted by atomic mass is 10.0. The highest BCUT2D eigenvalue weighted by Gasteiger charge is 2.31. The molecule has 0 aliphatic carbocycles. The second-order valence-electron chi connectivity index (χ2n) is 6.45. The Kier molecular flexibility index (Phi) is 4.39. The lowest BCUT2D eigenvalue weighted by Gasteiger charge is -2.38. The highest BCUT2D eigenvalue weighted by molar-refractivity contribution is 5.94. The number of ether oxygens (including phenoxy) is 1. The fourth-order valence-corrected chi connectivity index (χ4v) is 3.02. The van der Waals surface area contributed by atoms with Crippen LogP contribution in [0.15, 0.2) is 48.7 Å². The van der Waals surface area contributed by atoms with Gasteiger partial charge in [0.2, 0.25) is 11.8 Å². The number of rotatable bonds is 4. The van der Waals surface area contributed by atoms with Crippen LogP contribution >= 0.6 is 0 Å². The molecule has 132 valence electrons. The zero-order chi connectivity index (χ0) is 17.9. The molecular formula is C20H19N3O3. The molecule has 1 N–H and O–H groups in total. The second-order valence-corrected chi connectivity index (χ2v) is 6.45. The van der Waals surface area contributed by atoms with Crippen molar-refractivity contribution in [2.45, 2.75) is 18.9 Å². The van der Waals surface area contributed by atoms with Crippen LogP contribution in [0.4, 0.5) is 5.82 Å². The van der Waals surface area contributed by atoms with Crippen molar-refractivity contribution in [1.29, 1.82) is 0 Å². The van der Waals surface area contributed by atoms with Crippen LogP contribution in [0.5, 0.6) is 5.75 Å². The third-order valence-electron chi connectivity index (χ3n) is 4.49. The number of aryl methyl sites for hydroxylation is 1. The Bertz CT molecular complexity index is 858. The molecule has 2 amide bonds. The molecule has 1 aromatic carbocycles. The maximum Gasteiger partial charge on any atom is 0.246 e. The summed E-state index contributed by atoms with van der Waals surface area (Å²) in [6.07, 6.45) is 6.17. The molecule has 0 bridgehead atoms. The summed E-state index contributed by atoms with van der Waals surface area (Å²) < 4.78 is 5.80. The fourth-order valence-electron chi connectivity index (χ4n) is 3.02. The Balaban J connectivity index is 1.31. The average molecular weight is 349 g/mol. The summed E-state index contributed by atoms with van der Waals surface area (Å²) in [7, 11) is 0. The molecule has 1 aromatic heterocycles. The number of pyridine rings is 1. The molecule has 0 spiro atoms. The number of benzene rings is 1. The van der Waals surface area contributed by atoms with Gasteiger partial charge in [0.25, 0.3) is 0 Å². The minimum Gasteiger partial charge on any atom is -0.487 e. The van der Waals surface area contributed by atoms with E-state index in [1.807, 2.05) is 36.4 Å². The fraction of sp³-hybridized carbons (Fsp3) is 0.250. The molecule has 0 unspecified atom stereocenters. The highest BCUT2D eigenvalue weighted by atomic mass is 16.5. The van der Waals surface area contributed by atoms with Crippen molar-refractivity contribution in [1.82, 2.24) is 9.88 Å². The van der Waals surface area contributed by atoms with Gasteiger partial charge in [-0.2, -0.15) is 0 Å². The van der Waals surface area contributed by atoms with Gasteiger partial charge in [0.15, 0.2) is 0 Å². The summed E-state index contributed by atoms with van der Waals surface area (Å²) in [5.41, 5.74) is 1.85. The number of aromatic nitrogens is 1. The minimum atomic E-state index is -0.0380. The normalized spacial score (nSPS) is 16.8. The largest absolute Gasteiger partial charge is 0.487 e. The Morgan fingerprint density at radius 2 is 2.04 bits per heavy atom. The SMILES string of the molecule is O=C1CCc2cc(/C=C/C(=O)N3CC(Oc4ccccc4)C3)cnc2N1. The first-order valence-corrected chi connectivity index (χ1v) is 8.65. The van der Waals surface area contributed by atoms with Gasteiger partial charge in [-0.25, -0.2) is 4.98 Å². The van der Waals surface area contributed by atoms with E-state index in [0.717, 1.165) is 16.9 Å². The van der Waals surface area contributed by atoms with Crippen molar-refractivity contribution in [2.24, 2.45) is 0 Å². The summed E-state index contributed by atoms with van der Waals surface area (Å²) in [4.78, 5) is 29.6. The number of anilines is 1. The first kappa shape index (κ1) is 16.3. The number of hydrogen-bond acceptors (Lipinski definition) is 4. The van der Waals surface area contributed by atoms with Crippen LogP contribution in [0.3, 0.4) is 0 Å². The van der Waals surface area contributed by atoms with Gasteiger partial charge in [0, 0.05) is 18.7 Å². The number of likely N-dealkylation sites (tertiary alicyclic amines) is 1. The van der Waals surface area contributed by atoms with Crippen molar-refractivity contribution < 1.29 is 14.3 Å². The van der Waals surface area contributed by atoms with E-state index in [9.17, 15) is 9.59 Å². The van der Waals surface area contributed by atoms with Crippen LogP contribution in [-0.2, 0) is 16.0 Å². The molecule has 6 heteroatoms. The van der Waals surface area contributed by atoms with Gasteiger partial charge < -0.3 is 15.0 Å². The number of hydrogen-bond donors (Lipinski definition) is 1. The smallest absolute Gasteiger partial charge is 0.246 e. The lowest BCUT2D eigenvalue weighted by molar-refractivity contribution is -0.134. The number of nitrogens with one attached hydrogen (secondary N) is 1. The number of carbonyl (C=O) groups excluding carboxylic acids is 2. The highest BCUT2D eigenvalue weighted by Crippen LogP contribution is 2.22. The van der Waals surface area contributed by atoms with Gasteiger partial charge in [0.1, 0.15) is 17.7 Å². The standard InChI is InChI=1S/C20H19N3O3/c24-18-8-7-15-10-14(11-21-20(15)22-18)6-9-19(25)23-12-17(13-23)26-16-4-2-1-3-5-16/h1-6,9-11,17H,7-8,12-13H2,(H,21,22,24)/b9-6+. The molecule has 2 aliphatic heterocycles. The Labute approximate surface area is 151 Å². The van der Waals surface area contributed by atoms with Crippen LogP contribution < -0.4 is 10.1 Å². The summed E-state index contributed by atoms with van der Waals surface area (Å²) in [6, 6.07) is 11.6. The number of nitrogens with zero attached hydrogens (tertiary/aromatic N) is 2. The molecule has 0 radical (unpaired) electrons. The maximum atomic E-state index is 12.2. The molecule has 0 atom stereocenters. The molecular weight excluding hydrogens is 330 g/mol. The van der Waals surface area contributed by atoms with Crippen molar-refractivity contribution >= 4 is 23.7 Å². The van der Waals surface area contributed by atoms with Gasteiger partial charge in [-0.15, -0.1) is 0 Å². The van der Waals surface area contributed by atoms with Crippen molar-refractivity contribution in [3.05, 3.63) is 59.8 Å². The van der Waals surface area contributed by atoms with Crippen molar-refractivity contribution in [3.8, 4) is 5.75 Å². The van der Waals surface area contributed by atoms with Gasteiger partial charge in [-0.1, -0.05) is 18.2 Å². The summed E-state index contributed by atoms with van der Waals surface area (Å²) in [5, 5.41) is 2.75. The molecule has 2 aromatic rings. The van der Waals surface area contributed by atoms with Gasteiger partial charge in [-0.05, 0) is 41.8 Å². The summed E-state index contributed by atoms with van der Waals surface area (Å²) in [5.74, 6) is 1.40. The predicted octanol–water partition coefficient (Wildman–Crippen LogP) is 2.27. The number of para-hydroxylation sites is 1. The summed E-state index contributed by atoms with van der Waals surface area (Å²) in [6.45, 7) is 1.18. The van der Waals surface area contributed by atoms with E-state index in [1.165, 1.54) is 0 Å². The van der Waals surface area contributed by atoms with Gasteiger partial charge >= 0.3 is 0 Å².